The van der Waals surface area contributed by atoms with Crippen molar-refractivity contribution in [3.63, 3.8) is 0 Å². The first-order chi connectivity index (χ1) is 9.71. The molecule has 7 heteroatoms. The van der Waals surface area contributed by atoms with Crippen LogP contribution in [0.4, 0.5) is 13.2 Å². The fraction of sp³-hybridized carbons (Fsp3) is 0.357. The molecule has 1 aromatic rings. The lowest BCUT2D eigenvalue weighted by molar-refractivity contribution is -0.170. The van der Waals surface area contributed by atoms with Crippen molar-refractivity contribution in [3.05, 3.63) is 42.5 Å². The molecule has 1 atom stereocenters. The Morgan fingerprint density at radius 1 is 1.19 bits per heavy atom. The van der Waals surface area contributed by atoms with Gasteiger partial charge in [-0.05, 0) is 25.0 Å². The highest BCUT2D eigenvalue weighted by molar-refractivity contribution is 7.92. The molecular weight excluding hydrogens is 305 g/mol. The molecule has 0 fully saturated rings. The fourth-order valence-electron chi connectivity index (χ4n) is 1.72. The SMILES string of the molecule is CC/C=C\CC(C(=O)C(F)(F)F)S(=O)(=O)c1ccccc1. The monoisotopic (exact) mass is 320 g/mol. The van der Waals surface area contributed by atoms with Crippen molar-refractivity contribution < 1.29 is 26.4 Å². The van der Waals surface area contributed by atoms with Crippen LogP contribution in [-0.4, -0.2) is 25.6 Å². The lowest BCUT2D eigenvalue weighted by atomic mass is 10.2. The number of benzene rings is 1. The lowest BCUT2D eigenvalue weighted by Crippen LogP contribution is -2.39. The van der Waals surface area contributed by atoms with E-state index in [0.29, 0.717) is 6.42 Å². The van der Waals surface area contributed by atoms with E-state index < -0.39 is 33.5 Å². The second-order valence-corrected chi connectivity index (χ2v) is 6.45. The highest BCUT2D eigenvalue weighted by Crippen LogP contribution is 2.27. The van der Waals surface area contributed by atoms with Crippen LogP contribution < -0.4 is 0 Å². The van der Waals surface area contributed by atoms with Gasteiger partial charge in [0.05, 0.1) is 4.90 Å². The lowest BCUT2D eigenvalue weighted by Gasteiger charge is -2.16. The van der Waals surface area contributed by atoms with E-state index in [4.69, 9.17) is 0 Å². The first kappa shape index (κ1) is 17.4. The number of Topliss-reactive ketones (excluding diaryl/α,β-unsaturated/α-hetero) is 1. The summed E-state index contributed by atoms with van der Waals surface area (Å²) in [6.45, 7) is 1.75. The van der Waals surface area contributed by atoms with E-state index in [-0.39, 0.29) is 4.90 Å². The van der Waals surface area contributed by atoms with Crippen LogP contribution >= 0.6 is 0 Å². The molecule has 0 N–H and O–H groups in total. The predicted octanol–water partition coefficient (Wildman–Crippen LogP) is 3.32. The summed E-state index contributed by atoms with van der Waals surface area (Å²) >= 11 is 0. The summed E-state index contributed by atoms with van der Waals surface area (Å²) in [5, 5.41) is -2.15. The van der Waals surface area contributed by atoms with Gasteiger partial charge in [-0.3, -0.25) is 4.79 Å². The van der Waals surface area contributed by atoms with Gasteiger partial charge in [0.2, 0.25) is 0 Å². The number of hydrogen-bond donors (Lipinski definition) is 0. The number of ketones is 1. The second kappa shape index (κ2) is 6.89. The van der Waals surface area contributed by atoms with Gasteiger partial charge in [0.15, 0.2) is 9.84 Å². The zero-order valence-corrected chi connectivity index (χ0v) is 12.1. The van der Waals surface area contributed by atoms with Crippen molar-refractivity contribution >= 4 is 15.6 Å². The summed E-state index contributed by atoms with van der Waals surface area (Å²) in [7, 11) is -4.38. The Hall–Kier alpha value is -1.63. The Labute approximate surface area is 121 Å². The molecule has 21 heavy (non-hydrogen) atoms. The number of carbonyl (C=O) groups excluding carboxylic acids is 1. The average molecular weight is 320 g/mol. The molecule has 1 rings (SSSR count). The minimum atomic E-state index is -5.19. The molecule has 116 valence electrons. The zero-order chi connectivity index (χ0) is 16.1. The van der Waals surface area contributed by atoms with Gasteiger partial charge in [0.1, 0.15) is 5.25 Å². The average Bonchev–Trinajstić information content (AvgIpc) is 2.43. The van der Waals surface area contributed by atoms with E-state index >= 15 is 0 Å². The normalized spacial score (nSPS) is 14.3. The standard InChI is InChI=1S/C14H15F3O3S/c1-2-3-5-10-12(13(18)14(15,16)17)21(19,20)11-8-6-4-7-9-11/h3-9,12H,2,10H2,1H3/b5-3-. The molecule has 1 aromatic carbocycles. The van der Waals surface area contributed by atoms with Gasteiger partial charge >= 0.3 is 6.18 Å². The summed E-state index contributed by atoms with van der Waals surface area (Å²) < 4.78 is 62.4. The molecule has 0 aromatic heterocycles. The molecule has 0 heterocycles. The zero-order valence-electron chi connectivity index (χ0n) is 11.3. The quantitative estimate of drug-likeness (QED) is 0.756. The molecule has 0 saturated carbocycles. The summed E-state index contributed by atoms with van der Waals surface area (Å²) in [6, 6.07) is 6.68. The van der Waals surface area contributed by atoms with Crippen molar-refractivity contribution in [1.29, 1.82) is 0 Å². The molecule has 0 spiro atoms. The van der Waals surface area contributed by atoms with Crippen LogP contribution in [0.1, 0.15) is 19.8 Å². The van der Waals surface area contributed by atoms with Crippen LogP contribution in [0, 0.1) is 0 Å². The van der Waals surface area contributed by atoms with Crippen LogP contribution in [-0.2, 0) is 14.6 Å². The van der Waals surface area contributed by atoms with Crippen molar-refractivity contribution in [3.8, 4) is 0 Å². The van der Waals surface area contributed by atoms with Gasteiger partial charge in [-0.2, -0.15) is 13.2 Å². The number of alkyl halides is 3. The summed E-state index contributed by atoms with van der Waals surface area (Å²) in [6.07, 6.45) is -2.33. The van der Waals surface area contributed by atoms with Crippen LogP contribution in [0.15, 0.2) is 47.4 Å². The molecule has 0 bridgehead atoms. The molecule has 0 aliphatic rings. The molecule has 0 saturated heterocycles. The molecule has 3 nitrogen and oxygen atoms in total. The Morgan fingerprint density at radius 3 is 2.24 bits per heavy atom. The van der Waals surface area contributed by atoms with E-state index in [9.17, 15) is 26.4 Å². The largest absolute Gasteiger partial charge is 0.451 e. The van der Waals surface area contributed by atoms with Crippen molar-refractivity contribution in [2.45, 2.75) is 36.1 Å². The van der Waals surface area contributed by atoms with Crippen LogP contribution in [0.5, 0.6) is 0 Å². The van der Waals surface area contributed by atoms with Crippen molar-refractivity contribution in [2.24, 2.45) is 0 Å². The number of sulfone groups is 1. The molecule has 0 aliphatic carbocycles. The molecule has 0 amide bonds. The van der Waals surface area contributed by atoms with E-state index in [1.807, 2.05) is 0 Å². The maximum Gasteiger partial charge on any atom is 0.451 e. The molecule has 0 radical (unpaired) electrons. The Kier molecular flexibility index (Phi) is 5.71. The summed E-state index contributed by atoms with van der Waals surface area (Å²) in [4.78, 5) is 11.1. The van der Waals surface area contributed by atoms with Gasteiger partial charge in [0, 0.05) is 0 Å². The minimum absolute atomic E-state index is 0.294. The minimum Gasteiger partial charge on any atom is -0.288 e. The molecular formula is C14H15F3O3S. The Bertz CT molecular complexity index is 604. The number of rotatable bonds is 6. The third-order valence-corrected chi connectivity index (χ3v) is 4.86. The van der Waals surface area contributed by atoms with Gasteiger partial charge in [-0.25, -0.2) is 8.42 Å². The maximum atomic E-state index is 12.6. The fourth-order valence-corrected chi connectivity index (χ4v) is 3.36. The van der Waals surface area contributed by atoms with Gasteiger partial charge < -0.3 is 0 Å². The van der Waals surface area contributed by atoms with Crippen molar-refractivity contribution in [1.82, 2.24) is 0 Å². The van der Waals surface area contributed by atoms with Crippen LogP contribution in [0.3, 0.4) is 0 Å². The highest BCUT2D eigenvalue weighted by Gasteiger charge is 2.48. The van der Waals surface area contributed by atoms with Crippen molar-refractivity contribution in [2.75, 3.05) is 0 Å². The predicted molar refractivity (Wildman–Crippen MR) is 72.5 cm³/mol. The summed E-state index contributed by atoms with van der Waals surface area (Å²) in [5.74, 6) is -2.24. The number of hydrogen-bond acceptors (Lipinski definition) is 3. The Morgan fingerprint density at radius 2 is 1.76 bits per heavy atom. The number of carbonyl (C=O) groups is 1. The molecule has 0 aliphatic heterocycles. The maximum absolute atomic E-state index is 12.6. The molecule has 1 unspecified atom stereocenters. The third-order valence-electron chi connectivity index (χ3n) is 2.77. The van der Waals surface area contributed by atoms with Crippen LogP contribution in [0.25, 0.3) is 0 Å². The highest BCUT2D eigenvalue weighted by atomic mass is 32.2. The number of allylic oxidation sites excluding steroid dienone is 2. The van der Waals surface area contributed by atoms with E-state index in [0.717, 1.165) is 0 Å². The van der Waals surface area contributed by atoms with Gasteiger partial charge in [-0.1, -0.05) is 37.3 Å². The Balaban J connectivity index is 3.24. The third kappa shape index (κ3) is 4.42. The first-order valence-electron chi connectivity index (χ1n) is 6.26. The second-order valence-electron chi connectivity index (χ2n) is 4.32. The topological polar surface area (TPSA) is 51.2 Å². The van der Waals surface area contributed by atoms with E-state index in [2.05, 4.69) is 0 Å². The van der Waals surface area contributed by atoms with Gasteiger partial charge in [-0.15, -0.1) is 0 Å². The van der Waals surface area contributed by atoms with Gasteiger partial charge in [0.25, 0.3) is 5.78 Å². The number of halogens is 3. The van der Waals surface area contributed by atoms with Crippen LogP contribution in [0.2, 0.25) is 0 Å². The summed E-state index contributed by atoms with van der Waals surface area (Å²) in [5.41, 5.74) is 0. The smallest absolute Gasteiger partial charge is 0.288 e. The van der Waals surface area contributed by atoms with E-state index in [1.54, 1.807) is 6.92 Å². The van der Waals surface area contributed by atoms with E-state index in [1.165, 1.54) is 42.5 Å². The first-order valence-corrected chi connectivity index (χ1v) is 7.81.